The molecule has 0 atom stereocenters. The zero-order valence-corrected chi connectivity index (χ0v) is 7.57. The number of rotatable bonds is 0. The van der Waals surface area contributed by atoms with Crippen LogP contribution < -0.4 is 0 Å². The van der Waals surface area contributed by atoms with E-state index in [0.717, 1.165) is 6.07 Å². The van der Waals surface area contributed by atoms with Gasteiger partial charge in [-0.05, 0) is 22.9 Å². The molecule has 1 rings (SSSR count). The van der Waals surface area contributed by atoms with Crippen LogP contribution in [0, 0.1) is 6.92 Å². The minimum absolute atomic E-state index is 0.0942. The van der Waals surface area contributed by atoms with E-state index in [4.69, 9.17) is 0 Å². The Morgan fingerprint density at radius 3 is 2.33 bits per heavy atom. The third-order valence-electron chi connectivity index (χ3n) is 1.10. The van der Waals surface area contributed by atoms with Crippen LogP contribution in [0.1, 0.15) is 11.5 Å². The lowest BCUT2D eigenvalue weighted by Crippen LogP contribution is -2.09. The molecule has 1 aromatic rings. The summed E-state index contributed by atoms with van der Waals surface area (Å²) in [6.45, 7) is 1.40. The fraction of sp³-hybridized carbons (Fsp3) is 0.333. The first-order valence-corrected chi connectivity index (χ1v) is 3.77. The fourth-order valence-corrected chi connectivity index (χ4v) is 1.15. The summed E-state index contributed by atoms with van der Waals surface area (Å²) in [5.41, 5.74) is -0.929. The van der Waals surface area contributed by atoms with Gasteiger partial charge in [-0.2, -0.15) is 13.2 Å². The Balaban J connectivity index is 3.18. The van der Waals surface area contributed by atoms with E-state index in [2.05, 4.69) is 25.9 Å². The molecule has 2 nitrogen and oxygen atoms in total. The monoisotopic (exact) mass is 240 g/mol. The van der Waals surface area contributed by atoms with Gasteiger partial charge in [-0.25, -0.2) is 9.97 Å². The molecule has 1 heterocycles. The van der Waals surface area contributed by atoms with E-state index in [1.165, 1.54) is 6.92 Å². The van der Waals surface area contributed by atoms with Gasteiger partial charge < -0.3 is 0 Å². The van der Waals surface area contributed by atoms with Crippen molar-refractivity contribution in [3.05, 3.63) is 22.2 Å². The van der Waals surface area contributed by atoms with E-state index < -0.39 is 11.9 Å². The van der Waals surface area contributed by atoms with Crippen LogP contribution >= 0.6 is 15.9 Å². The highest BCUT2D eigenvalue weighted by Gasteiger charge is 2.33. The molecule has 0 radical (unpaired) electrons. The Bertz CT molecular complexity index is 277. The van der Waals surface area contributed by atoms with Gasteiger partial charge in [0.1, 0.15) is 16.1 Å². The lowest BCUT2D eigenvalue weighted by Gasteiger charge is -2.05. The molecule has 0 unspecified atom stereocenters. The van der Waals surface area contributed by atoms with Gasteiger partial charge in [-0.15, -0.1) is 0 Å². The molecule has 12 heavy (non-hydrogen) atoms. The van der Waals surface area contributed by atoms with Crippen LogP contribution in [-0.2, 0) is 6.18 Å². The van der Waals surface area contributed by atoms with Crippen molar-refractivity contribution in [1.29, 1.82) is 0 Å². The van der Waals surface area contributed by atoms with Crippen molar-refractivity contribution in [2.24, 2.45) is 0 Å². The number of aromatic nitrogens is 2. The first kappa shape index (κ1) is 9.44. The summed E-state index contributed by atoms with van der Waals surface area (Å²) in [5, 5.41) is 0. The molecule has 1 aromatic heterocycles. The average molecular weight is 241 g/mol. The number of hydrogen-bond donors (Lipinski definition) is 0. The minimum atomic E-state index is -4.41. The second-order valence-corrected chi connectivity index (χ2v) is 2.93. The molecule has 66 valence electrons. The van der Waals surface area contributed by atoms with E-state index in [0.29, 0.717) is 0 Å². The van der Waals surface area contributed by atoms with Crippen molar-refractivity contribution in [2.45, 2.75) is 13.1 Å². The maximum atomic E-state index is 12.0. The number of halogens is 4. The van der Waals surface area contributed by atoms with Gasteiger partial charge in [-0.3, -0.25) is 0 Å². The summed E-state index contributed by atoms with van der Waals surface area (Å²) >= 11 is 2.85. The van der Waals surface area contributed by atoms with Gasteiger partial charge in [0.2, 0.25) is 0 Å². The van der Waals surface area contributed by atoms with Crippen molar-refractivity contribution in [3.8, 4) is 0 Å². The summed E-state index contributed by atoms with van der Waals surface area (Å²) in [5.74, 6) is 0.0942. The van der Waals surface area contributed by atoms with Gasteiger partial charge in [0.25, 0.3) is 0 Å². The summed E-state index contributed by atoms with van der Waals surface area (Å²) < 4.78 is 36.3. The SMILES string of the molecule is Cc1nc(Br)cc(C(F)(F)F)n1. The normalized spacial score (nSPS) is 11.8. The van der Waals surface area contributed by atoms with E-state index in [1.807, 2.05) is 0 Å². The maximum Gasteiger partial charge on any atom is 0.433 e. The van der Waals surface area contributed by atoms with Crippen molar-refractivity contribution in [3.63, 3.8) is 0 Å². The molecule has 0 aliphatic heterocycles. The molecule has 0 bridgehead atoms. The second-order valence-electron chi connectivity index (χ2n) is 2.12. The van der Waals surface area contributed by atoms with Gasteiger partial charge in [0.05, 0.1) is 0 Å². The molecular formula is C6H4BrF3N2. The average Bonchev–Trinajstić information content (AvgIpc) is 1.82. The van der Waals surface area contributed by atoms with Crippen LogP contribution in [0.15, 0.2) is 10.7 Å². The quantitative estimate of drug-likeness (QED) is 0.652. The van der Waals surface area contributed by atoms with E-state index in [1.54, 1.807) is 0 Å². The largest absolute Gasteiger partial charge is 0.433 e. The molecular weight excluding hydrogens is 237 g/mol. The van der Waals surface area contributed by atoms with E-state index in [9.17, 15) is 13.2 Å². The van der Waals surface area contributed by atoms with Crippen molar-refractivity contribution < 1.29 is 13.2 Å². The summed E-state index contributed by atoms with van der Waals surface area (Å²) in [6, 6.07) is 0.840. The summed E-state index contributed by atoms with van der Waals surface area (Å²) in [7, 11) is 0. The Kier molecular flexibility index (Phi) is 2.36. The van der Waals surface area contributed by atoms with Crippen LogP contribution in [0.25, 0.3) is 0 Å². The Morgan fingerprint density at radius 2 is 1.92 bits per heavy atom. The fourth-order valence-electron chi connectivity index (χ4n) is 0.676. The Hall–Kier alpha value is -0.650. The number of hydrogen-bond acceptors (Lipinski definition) is 2. The summed E-state index contributed by atoms with van der Waals surface area (Å²) in [6.07, 6.45) is -4.41. The predicted octanol–water partition coefficient (Wildman–Crippen LogP) is 2.57. The lowest BCUT2D eigenvalue weighted by atomic mass is 10.4. The number of aryl methyl sites for hydroxylation is 1. The van der Waals surface area contributed by atoms with Crippen molar-refractivity contribution in [2.75, 3.05) is 0 Å². The van der Waals surface area contributed by atoms with Crippen LogP contribution in [0.4, 0.5) is 13.2 Å². The molecule has 0 aromatic carbocycles. The first-order valence-electron chi connectivity index (χ1n) is 2.98. The minimum Gasteiger partial charge on any atom is -0.229 e. The van der Waals surface area contributed by atoms with E-state index in [-0.39, 0.29) is 10.4 Å². The lowest BCUT2D eigenvalue weighted by molar-refractivity contribution is -0.141. The highest BCUT2D eigenvalue weighted by atomic mass is 79.9. The number of nitrogens with zero attached hydrogens (tertiary/aromatic N) is 2. The first-order chi connectivity index (χ1) is 5.39. The predicted molar refractivity (Wildman–Crippen MR) is 39.5 cm³/mol. The molecule has 0 aliphatic rings. The summed E-state index contributed by atoms with van der Waals surface area (Å²) in [4.78, 5) is 6.89. The highest BCUT2D eigenvalue weighted by Crippen LogP contribution is 2.28. The van der Waals surface area contributed by atoms with Crippen LogP contribution in [-0.4, -0.2) is 9.97 Å². The zero-order valence-electron chi connectivity index (χ0n) is 5.98. The van der Waals surface area contributed by atoms with Crippen LogP contribution in [0.5, 0.6) is 0 Å². The Morgan fingerprint density at radius 1 is 1.33 bits per heavy atom. The molecule has 0 fully saturated rings. The molecule has 0 saturated heterocycles. The van der Waals surface area contributed by atoms with Gasteiger partial charge in [0, 0.05) is 6.07 Å². The maximum absolute atomic E-state index is 12.0. The van der Waals surface area contributed by atoms with Crippen molar-refractivity contribution >= 4 is 15.9 Å². The third kappa shape index (κ3) is 2.17. The number of alkyl halides is 3. The van der Waals surface area contributed by atoms with Gasteiger partial charge in [-0.1, -0.05) is 0 Å². The van der Waals surface area contributed by atoms with Gasteiger partial charge in [0.15, 0.2) is 0 Å². The molecule has 0 aliphatic carbocycles. The second kappa shape index (κ2) is 3.01. The smallest absolute Gasteiger partial charge is 0.229 e. The molecule has 0 spiro atoms. The van der Waals surface area contributed by atoms with Gasteiger partial charge >= 0.3 is 6.18 Å². The topological polar surface area (TPSA) is 25.8 Å². The van der Waals surface area contributed by atoms with Crippen LogP contribution in [0.2, 0.25) is 0 Å². The molecule has 0 N–H and O–H groups in total. The van der Waals surface area contributed by atoms with Crippen LogP contribution in [0.3, 0.4) is 0 Å². The van der Waals surface area contributed by atoms with E-state index >= 15 is 0 Å². The standard InChI is InChI=1S/C6H4BrF3N2/c1-3-11-4(6(8,9)10)2-5(7)12-3/h2H,1H3. The molecule has 6 heteroatoms. The Labute approximate surface area is 75.0 Å². The highest BCUT2D eigenvalue weighted by molar-refractivity contribution is 9.10. The zero-order chi connectivity index (χ0) is 9.35. The van der Waals surface area contributed by atoms with Crippen molar-refractivity contribution in [1.82, 2.24) is 9.97 Å². The molecule has 0 saturated carbocycles. The third-order valence-corrected chi connectivity index (χ3v) is 1.50. The molecule has 0 amide bonds.